The molecular weight excluding hydrogens is 370 g/mol. The maximum atomic E-state index is 12.3. The van der Waals surface area contributed by atoms with Gasteiger partial charge in [-0.25, -0.2) is 0 Å². The largest absolute Gasteiger partial charge is 0.354 e. The van der Waals surface area contributed by atoms with Crippen LogP contribution < -0.4 is 10.6 Å². The summed E-state index contributed by atoms with van der Waals surface area (Å²) in [5.41, 5.74) is 0. The third-order valence-electron chi connectivity index (χ3n) is 3.34. The summed E-state index contributed by atoms with van der Waals surface area (Å²) in [7, 11) is 0. The van der Waals surface area contributed by atoms with Gasteiger partial charge in [-0.15, -0.1) is 11.8 Å². The predicted octanol–water partition coefficient (Wildman–Crippen LogP) is 1.99. The number of hydrogen-bond acceptors (Lipinski definition) is 5. The summed E-state index contributed by atoms with van der Waals surface area (Å²) in [4.78, 5) is 37.5. The molecular formula is C18H35N3O3S2. The van der Waals surface area contributed by atoms with Gasteiger partial charge in [-0.1, -0.05) is 34.6 Å². The van der Waals surface area contributed by atoms with E-state index in [0.717, 1.165) is 12.2 Å². The van der Waals surface area contributed by atoms with Crippen LogP contribution in [-0.2, 0) is 14.4 Å². The summed E-state index contributed by atoms with van der Waals surface area (Å²) in [5.74, 6) is 1.77. The van der Waals surface area contributed by atoms with Crippen molar-refractivity contribution >= 4 is 41.2 Å². The summed E-state index contributed by atoms with van der Waals surface area (Å²) < 4.78 is 0. The zero-order valence-corrected chi connectivity index (χ0v) is 18.4. The molecule has 8 heteroatoms. The molecule has 0 aliphatic heterocycles. The van der Waals surface area contributed by atoms with Crippen LogP contribution in [0, 0.1) is 5.92 Å². The van der Waals surface area contributed by atoms with Gasteiger partial charge in [0.05, 0.1) is 11.5 Å². The minimum atomic E-state index is -0.113. The molecule has 0 aliphatic rings. The van der Waals surface area contributed by atoms with E-state index in [9.17, 15) is 14.4 Å². The fraction of sp³-hybridized carbons (Fsp3) is 0.833. The predicted molar refractivity (Wildman–Crippen MR) is 113 cm³/mol. The van der Waals surface area contributed by atoms with Crippen LogP contribution >= 0.6 is 23.5 Å². The molecule has 2 N–H and O–H groups in total. The van der Waals surface area contributed by atoms with Crippen LogP contribution in [0.3, 0.4) is 0 Å². The molecule has 0 fully saturated rings. The first-order valence-electron chi connectivity index (χ1n) is 9.29. The van der Waals surface area contributed by atoms with Gasteiger partial charge in [0.25, 0.3) is 0 Å². The summed E-state index contributed by atoms with van der Waals surface area (Å²) in [6, 6.07) is 0. The van der Waals surface area contributed by atoms with Gasteiger partial charge in [-0.3, -0.25) is 14.4 Å². The Bertz CT molecular complexity index is 432. The average molecular weight is 406 g/mol. The standard InChI is InChI=1S/C18H35N3O3S2/c1-6-11-25-12-16(22)19-7-9-21(18(24)14(2)3)10-8-20-17(23)13-26-15(4)5/h14-15H,6-13H2,1-5H3,(H,19,22)(H,20,23). The van der Waals surface area contributed by atoms with E-state index in [4.69, 9.17) is 0 Å². The maximum absolute atomic E-state index is 12.3. The third kappa shape index (κ3) is 13.3. The third-order valence-corrected chi connectivity index (χ3v) is 5.60. The van der Waals surface area contributed by atoms with Crippen LogP contribution in [0.5, 0.6) is 0 Å². The normalized spacial score (nSPS) is 10.9. The summed E-state index contributed by atoms with van der Waals surface area (Å²) >= 11 is 3.21. The number of carbonyl (C=O) groups excluding carboxylic acids is 3. The highest BCUT2D eigenvalue weighted by Gasteiger charge is 2.17. The Balaban J connectivity index is 4.23. The topological polar surface area (TPSA) is 78.5 Å². The van der Waals surface area contributed by atoms with Gasteiger partial charge in [0.1, 0.15) is 0 Å². The number of nitrogens with zero attached hydrogens (tertiary/aromatic N) is 1. The van der Waals surface area contributed by atoms with Crippen LogP contribution in [0.2, 0.25) is 0 Å². The SMILES string of the molecule is CCCSCC(=O)NCCN(CCNC(=O)CSC(C)C)C(=O)C(C)C. The van der Waals surface area contributed by atoms with E-state index in [0.29, 0.717) is 42.9 Å². The molecule has 0 bridgehead atoms. The zero-order valence-electron chi connectivity index (χ0n) is 16.8. The van der Waals surface area contributed by atoms with E-state index in [1.54, 1.807) is 28.4 Å². The second-order valence-electron chi connectivity index (χ2n) is 6.59. The van der Waals surface area contributed by atoms with Crippen molar-refractivity contribution in [2.24, 2.45) is 5.92 Å². The van der Waals surface area contributed by atoms with Crippen molar-refractivity contribution in [1.82, 2.24) is 15.5 Å². The molecule has 0 aromatic rings. The van der Waals surface area contributed by atoms with E-state index < -0.39 is 0 Å². The maximum Gasteiger partial charge on any atom is 0.230 e. The van der Waals surface area contributed by atoms with Crippen molar-refractivity contribution < 1.29 is 14.4 Å². The first-order chi connectivity index (χ1) is 12.3. The van der Waals surface area contributed by atoms with Crippen molar-refractivity contribution in [3.63, 3.8) is 0 Å². The molecule has 3 amide bonds. The second-order valence-corrected chi connectivity index (χ2v) is 9.26. The van der Waals surface area contributed by atoms with Gasteiger partial charge >= 0.3 is 0 Å². The van der Waals surface area contributed by atoms with E-state index in [-0.39, 0.29) is 23.6 Å². The van der Waals surface area contributed by atoms with Gasteiger partial charge < -0.3 is 15.5 Å². The van der Waals surface area contributed by atoms with Gasteiger partial charge in [0, 0.05) is 32.1 Å². The summed E-state index contributed by atoms with van der Waals surface area (Å²) in [5, 5.41) is 6.12. The van der Waals surface area contributed by atoms with E-state index >= 15 is 0 Å². The van der Waals surface area contributed by atoms with Crippen LogP contribution in [0.4, 0.5) is 0 Å². The Labute approximate surface area is 167 Å². The van der Waals surface area contributed by atoms with Gasteiger partial charge in [0.2, 0.25) is 17.7 Å². The van der Waals surface area contributed by atoms with E-state index in [1.807, 2.05) is 13.8 Å². The Morgan fingerprint density at radius 1 is 0.923 bits per heavy atom. The van der Waals surface area contributed by atoms with Gasteiger partial charge in [0.15, 0.2) is 0 Å². The highest BCUT2D eigenvalue weighted by Crippen LogP contribution is 2.07. The molecule has 0 aromatic carbocycles. The smallest absolute Gasteiger partial charge is 0.230 e. The minimum Gasteiger partial charge on any atom is -0.354 e. The molecule has 152 valence electrons. The van der Waals surface area contributed by atoms with Crippen molar-refractivity contribution in [1.29, 1.82) is 0 Å². The molecule has 0 radical (unpaired) electrons. The number of hydrogen-bond donors (Lipinski definition) is 2. The Kier molecular flexibility index (Phi) is 14.7. The molecule has 0 atom stereocenters. The second kappa shape index (κ2) is 15.2. The summed E-state index contributed by atoms with van der Waals surface area (Å²) in [6.07, 6.45) is 1.05. The molecule has 0 saturated carbocycles. The molecule has 0 aromatic heterocycles. The average Bonchev–Trinajstić information content (AvgIpc) is 2.58. The lowest BCUT2D eigenvalue weighted by molar-refractivity contribution is -0.135. The van der Waals surface area contributed by atoms with Crippen molar-refractivity contribution in [3.8, 4) is 0 Å². The van der Waals surface area contributed by atoms with E-state index in [1.165, 1.54) is 0 Å². The monoisotopic (exact) mass is 405 g/mol. The Morgan fingerprint density at radius 3 is 1.92 bits per heavy atom. The number of amides is 3. The van der Waals surface area contributed by atoms with Crippen molar-refractivity contribution in [3.05, 3.63) is 0 Å². The lowest BCUT2D eigenvalue weighted by Gasteiger charge is -2.25. The lowest BCUT2D eigenvalue weighted by atomic mass is 10.2. The Morgan fingerprint density at radius 2 is 1.46 bits per heavy atom. The fourth-order valence-electron chi connectivity index (χ4n) is 2.01. The van der Waals surface area contributed by atoms with Crippen LogP contribution in [0.15, 0.2) is 0 Å². The highest BCUT2D eigenvalue weighted by atomic mass is 32.2. The molecule has 26 heavy (non-hydrogen) atoms. The van der Waals surface area contributed by atoms with Crippen LogP contribution in [0.1, 0.15) is 41.0 Å². The Hall–Kier alpha value is -0.890. The molecule has 6 nitrogen and oxygen atoms in total. The molecule has 0 saturated heterocycles. The van der Waals surface area contributed by atoms with Gasteiger partial charge in [-0.05, 0) is 17.4 Å². The number of nitrogens with one attached hydrogen (secondary N) is 2. The lowest BCUT2D eigenvalue weighted by Crippen LogP contribution is -2.44. The number of carbonyl (C=O) groups is 3. The molecule has 0 unspecified atom stereocenters. The first kappa shape index (κ1) is 25.1. The minimum absolute atomic E-state index is 0.000547. The molecule has 0 aliphatic carbocycles. The fourth-order valence-corrected chi connectivity index (χ4v) is 3.32. The molecule has 0 spiro atoms. The highest BCUT2D eigenvalue weighted by molar-refractivity contribution is 8.00. The summed E-state index contributed by atoms with van der Waals surface area (Å²) in [6.45, 7) is 11.7. The van der Waals surface area contributed by atoms with Crippen LogP contribution in [-0.4, -0.2) is 71.3 Å². The first-order valence-corrected chi connectivity index (χ1v) is 11.5. The molecule has 0 rings (SSSR count). The van der Waals surface area contributed by atoms with Crippen LogP contribution in [0.25, 0.3) is 0 Å². The number of rotatable bonds is 14. The quantitative estimate of drug-likeness (QED) is 0.432. The van der Waals surface area contributed by atoms with Crippen molar-refractivity contribution in [2.75, 3.05) is 43.4 Å². The van der Waals surface area contributed by atoms with Gasteiger partial charge in [-0.2, -0.15) is 11.8 Å². The van der Waals surface area contributed by atoms with Crippen molar-refractivity contribution in [2.45, 2.75) is 46.3 Å². The number of thioether (sulfide) groups is 2. The molecule has 0 heterocycles. The zero-order chi connectivity index (χ0) is 19.9. The van der Waals surface area contributed by atoms with E-state index in [2.05, 4.69) is 31.4 Å².